The van der Waals surface area contributed by atoms with Crippen LogP contribution in [0.3, 0.4) is 0 Å². The third-order valence-corrected chi connectivity index (χ3v) is 15.9. The number of carbonyl (C=O) groups is 4. The minimum atomic E-state index is -1.12. The maximum Gasteiger partial charge on any atom is 0.354 e. The number of carboxylic acid groups (broad SMARTS) is 1. The lowest BCUT2D eigenvalue weighted by Crippen LogP contribution is -2.42. The highest BCUT2D eigenvalue weighted by molar-refractivity contribution is 7.22. The van der Waals surface area contributed by atoms with Crippen LogP contribution in [0.4, 0.5) is 16.6 Å². The van der Waals surface area contributed by atoms with Gasteiger partial charge < -0.3 is 24.5 Å². The number of hydrogen-bond acceptors (Lipinski definition) is 12. The number of aromatic nitrogens is 4. The second kappa shape index (κ2) is 19.9. The number of nitrogens with zero attached hydrogens (tertiary/aromatic N) is 7. The Balaban J connectivity index is 0.659. The van der Waals surface area contributed by atoms with Crippen LogP contribution in [0, 0.1) is 11.8 Å². The van der Waals surface area contributed by atoms with Crippen molar-refractivity contribution in [1.29, 1.82) is 0 Å². The van der Waals surface area contributed by atoms with Crippen molar-refractivity contribution in [2.75, 3.05) is 54.4 Å². The van der Waals surface area contributed by atoms with Gasteiger partial charge in [-0.2, -0.15) is 5.10 Å². The third-order valence-electron chi connectivity index (χ3n) is 15.0. The number of likely N-dealkylation sites (tertiary alicyclic amines) is 1. The van der Waals surface area contributed by atoms with Crippen molar-refractivity contribution in [2.24, 2.45) is 18.9 Å². The zero-order valence-corrected chi connectivity index (χ0v) is 40.6. The Labute approximate surface area is 415 Å². The van der Waals surface area contributed by atoms with E-state index >= 15 is 0 Å². The van der Waals surface area contributed by atoms with Crippen molar-refractivity contribution < 1.29 is 29.0 Å². The maximum absolute atomic E-state index is 13.6. The summed E-state index contributed by atoms with van der Waals surface area (Å²) >= 11 is 1.43. The summed E-state index contributed by atoms with van der Waals surface area (Å²) < 4.78 is 9.15. The van der Waals surface area contributed by atoms with Gasteiger partial charge in [-0.3, -0.25) is 29.7 Å². The number of anilines is 3. The van der Waals surface area contributed by atoms with Crippen molar-refractivity contribution in [3.63, 3.8) is 0 Å². The summed E-state index contributed by atoms with van der Waals surface area (Å²) in [5.74, 6) is 0.217. The lowest BCUT2D eigenvalue weighted by molar-refractivity contribution is -0.134. The number of aromatic carboxylic acids is 1. The first-order valence-corrected chi connectivity index (χ1v) is 25.7. The molecule has 11 rings (SSSR count). The first-order valence-electron chi connectivity index (χ1n) is 24.8. The van der Waals surface area contributed by atoms with Crippen LogP contribution in [0.5, 0.6) is 5.75 Å². The number of piperidine rings is 3. The summed E-state index contributed by atoms with van der Waals surface area (Å²) in [5.41, 5.74) is 7.99. The van der Waals surface area contributed by atoms with Gasteiger partial charge in [0.05, 0.1) is 33.0 Å². The van der Waals surface area contributed by atoms with E-state index in [2.05, 4.69) is 54.7 Å². The van der Waals surface area contributed by atoms with Crippen LogP contribution in [0.1, 0.15) is 93.2 Å². The molecule has 0 spiro atoms. The Hall–Kier alpha value is -7.17. The van der Waals surface area contributed by atoms with Crippen molar-refractivity contribution in [1.82, 2.24) is 30.0 Å². The van der Waals surface area contributed by atoms with E-state index in [4.69, 9.17) is 9.84 Å². The molecule has 16 heteroatoms. The Morgan fingerprint density at radius 3 is 2.45 bits per heavy atom. The van der Waals surface area contributed by atoms with Crippen LogP contribution in [-0.4, -0.2) is 92.7 Å². The average molecular weight is 972 g/mol. The molecule has 3 fully saturated rings. The average Bonchev–Trinajstić information content (AvgIpc) is 3.96. The molecule has 3 amide bonds. The normalized spacial score (nSPS) is 18.2. The number of hydrogen-bond donors (Lipinski definition) is 3. The lowest BCUT2D eigenvalue weighted by Gasteiger charge is -2.38. The molecule has 3 aromatic heterocycles. The molecule has 0 bridgehead atoms. The molecule has 3 saturated heterocycles. The fraction of sp³-hybridized carbons (Fsp3) is 0.364. The van der Waals surface area contributed by atoms with Gasteiger partial charge in [0.2, 0.25) is 11.8 Å². The number of carbonyl (C=O) groups excluding carboxylic acids is 3. The van der Waals surface area contributed by atoms with E-state index in [1.165, 1.54) is 16.9 Å². The van der Waals surface area contributed by atoms with Gasteiger partial charge >= 0.3 is 5.97 Å². The Morgan fingerprint density at radius 2 is 1.63 bits per heavy atom. The molecule has 1 unspecified atom stereocenters. The quantitative estimate of drug-likeness (QED) is 0.0944. The number of benzene rings is 4. The molecule has 0 radical (unpaired) electrons. The standard InChI is InChI=1S/C55H57N9O6S/c1-61-51-41(50(60-61)42-16-18-48(65)58-53(42)67)11-6-13-45(51)63-26-21-35(22-27-63)31-62-24-19-34(20-25-62)29-36-7-4-9-39(30-36)70-33-38-15-17-47(57-49(38)54(68)69)64-28-23-37-8-5-10-40(43(37)32-64)52(66)59-55-56-44-12-2-3-14-46(44)71-55/h2-15,17,30,34-35,42H,16,18-29,31-33H2,1H3,(H,68,69)(H,56,59,66)(H,58,65,67). The van der Waals surface area contributed by atoms with Gasteiger partial charge in [0.15, 0.2) is 10.8 Å². The number of pyridine rings is 1. The number of nitrogens with one attached hydrogen (secondary N) is 2. The molecule has 3 N–H and O–H groups in total. The summed E-state index contributed by atoms with van der Waals surface area (Å²) in [5, 5.41) is 22.1. The van der Waals surface area contributed by atoms with Gasteiger partial charge in [-0.1, -0.05) is 59.9 Å². The first-order chi connectivity index (χ1) is 34.6. The highest BCUT2D eigenvalue weighted by Crippen LogP contribution is 2.37. The van der Waals surface area contributed by atoms with Crippen LogP contribution in [0.2, 0.25) is 0 Å². The van der Waals surface area contributed by atoms with Crippen LogP contribution in [-0.2, 0) is 42.6 Å². The summed E-state index contributed by atoms with van der Waals surface area (Å²) in [4.78, 5) is 67.1. The van der Waals surface area contributed by atoms with Crippen LogP contribution >= 0.6 is 11.3 Å². The summed E-state index contributed by atoms with van der Waals surface area (Å²) in [7, 11) is 1.95. The smallest absolute Gasteiger partial charge is 0.354 e. The largest absolute Gasteiger partial charge is 0.489 e. The molecule has 364 valence electrons. The van der Waals surface area contributed by atoms with Crippen molar-refractivity contribution in [3.05, 3.63) is 136 Å². The molecule has 15 nitrogen and oxygen atoms in total. The van der Waals surface area contributed by atoms with Gasteiger partial charge in [-0.05, 0) is 135 Å². The number of para-hydroxylation sites is 2. The Bertz CT molecular complexity index is 3140. The molecule has 0 saturated carbocycles. The van der Waals surface area contributed by atoms with E-state index in [0.29, 0.717) is 72.0 Å². The number of carboxylic acids is 1. The minimum Gasteiger partial charge on any atom is -0.489 e. The molecule has 7 aromatic rings. The zero-order chi connectivity index (χ0) is 48.6. The topological polar surface area (TPSA) is 175 Å². The third kappa shape index (κ3) is 9.82. The number of amides is 3. The fourth-order valence-electron chi connectivity index (χ4n) is 11.2. The monoisotopic (exact) mass is 971 g/mol. The number of aryl methyl sites for hydroxylation is 1. The van der Waals surface area contributed by atoms with Gasteiger partial charge in [-0.25, -0.2) is 14.8 Å². The number of ether oxygens (including phenoxy) is 1. The summed E-state index contributed by atoms with van der Waals surface area (Å²) in [6.07, 6.45) is 7.00. The second-order valence-corrected chi connectivity index (χ2v) is 20.6. The number of fused-ring (bicyclic) bond motifs is 3. The Morgan fingerprint density at radius 1 is 0.831 bits per heavy atom. The summed E-state index contributed by atoms with van der Waals surface area (Å²) in [6, 6.07) is 31.6. The van der Waals surface area contributed by atoms with Gasteiger partial charge in [0.25, 0.3) is 5.91 Å². The lowest BCUT2D eigenvalue weighted by atomic mass is 9.88. The molecule has 1 atom stereocenters. The van der Waals surface area contributed by atoms with Crippen molar-refractivity contribution >= 4 is 72.8 Å². The molecular weight excluding hydrogens is 915 g/mol. The van der Waals surface area contributed by atoms with Crippen molar-refractivity contribution in [3.8, 4) is 5.75 Å². The van der Waals surface area contributed by atoms with Crippen molar-refractivity contribution in [2.45, 2.75) is 70.4 Å². The molecule has 7 heterocycles. The van der Waals surface area contributed by atoms with E-state index in [1.807, 2.05) is 83.4 Å². The van der Waals surface area contributed by atoms with E-state index < -0.39 is 11.9 Å². The van der Waals surface area contributed by atoms with Gasteiger partial charge in [-0.15, -0.1) is 0 Å². The first kappa shape index (κ1) is 46.2. The maximum atomic E-state index is 13.6. The van der Waals surface area contributed by atoms with E-state index in [9.17, 15) is 24.3 Å². The number of imide groups is 1. The minimum absolute atomic E-state index is 0.0481. The molecule has 71 heavy (non-hydrogen) atoms. The zero-order valence-electron chi connectivity index (χ0n) is 39.8. The summed E-state index contributed by atoms with van der Waals surface area (Å²) in [6.45, 7) is 6.36. The number of rotatable bonds is 13. The highest BCUT2D eigenvalue weighted by Gasteiger charge is 2.33. The van der Waals surface area contributed by atoms with E-state index in [-0.39, 0.29) is 30.0 Å². The van der Waals surface area contributed by atoms with E-state index in [0.717, 1.165) is 108 Å². The second-order valence-electron chi connectivity index (χ2n) is 19.5. The van der Waals surface area contributed by atoms with Crippen LogP contribution in [0.15, 0.2) is 97.1 Å². The molecule has 4 aliphatic heterocycles. The molecule has 4 aliphatic rings. The van der Waals surface area contributed by atoms with E-state index in [1.54, 1.807) is 6.07 Å². The van der Waals surface area contributed by atoms with Gasteiger partial charge in [0.1, 0.15) is 18.2 Å². The number of thiazole rings is 1. The van der Waals surface area contributed by atoms with Crippen LogP contribution < -0.4 is 25.2 Å². The molecular formula is C55H57N9O6S. The van der Waals surface area contributed by atoms with Gasteiger partial charge in [0, 0.05) is 62.7 Å². The molecule has 4 aromatic carbocycles. The predicted molar refractivity (Wildman–Crippen MR) is 274 cm³/mol. The fourth-order valence-corrected chi connectivity index (χ4v) is 12.1. The highest BCUT2D eigenvalue weighted by atomic mass is 32.1. The van der Waals surface area contributed by atoms with Crippen LogP contribution in [0.25, 0.3) is 21.1 Å². The molecule has 0 aliphatic carbocycles. The SMILES string of the molecule is Cn1nc(C2CCC(=O)NC2=O)c2cccc(N3CCC(CN4CCC(Cc5cccc(OCc6ccc(N7CCc8cccc(C(=O)Nc9nc%10ccccc%10s9)c8C7)nc6C(=O)O)c5)CC4)CC3)c21. The predicted octanol–water partition coefficient (Wildman–Crippen LogP) is 8.36. The Kier molecular flexibility index (Phi) is 13.0.